The van der Waals surface area contributed by atoms with Crippen molar-refractivity contribution < 1.29 is 4.52 Å². The molecule has 0 atom stereocenters. The molecule has 3 heterocycles. The molecule has 1 aliphatic heterocycles. The zero-order chi connectivity index (χ0) is 13.3. The van der Waals surface area contributed by atoms with E-state index in [9.17, 15) is 0 Å². The molecule has 0 bridgehead atoms. The van der Waals surface area contributed by atoms with Crippen LogP contribution in [0, 0.1) is 6.92 Å². The smallest absolute Gasteiger partial charge is 0.233 e. The Hall–Kier alpha value is -1.20. The van der Waals surface area contributed by atoms with E-state index in [-0.39, 0.29) is 5.41 Å². The number of rotatable bonds is 3. The minimum absolute atomic E-state index is 0.0699. The molecule has 102 valence electrons. The molecule has 0 radical (unpaired) electrons. The first-order valence-electron chi connectivity index (χ1n) is 6.83. The van der Waals surface area contributed by atoms with Gasteiger partial charge in [0.25, 0.3) is 0 Å². The van der Waals surface area contributed by atoms with Crippen LogP contribution in [0.4, 0.5) is 0 Å². The van der Waals surface area contributed by atoms with Gasteiger partial charge in [-0.2, -0.15) is 16.3 Å². The molecule has 2 aromatic heterocycles. The summed E-state index contributed by atoms with van der Waals surface area (Å²) >= 11 is 1.68. The predicted octanol–water partition coefficient (Wildman–Crippen LogP) is 3.14. The van der Waals surface area contributed by atoms with Gasteiger partial charge in [-0.25, -0.2) is 0 Å². The average Bonchev–Trinajstić information content (AvgIpc) is 3.08. The summed E-state index contributed by atoms with van der Waals surface area (Å²) in [7, 11) is 0. The lowest BCUT2D eigenvalue weighted by Gasteiger charge is -2.33. The molecular weight excluding hydrogens is 258 g/mol. The maximum absolute atomic E-state index is 5.59. The zero-order valence-corrected chi connectivity index (χ0v) is 12.2. The second-order valence-electron chi connectivity index (χ2n) is 5.28. The molecule has 0 spiro atoms. The highest BCUT2D eigenvalue weighted by Gasteiger charge is 2.37. The number of hydrogen-bond acceptors (Lipinski definition) is 5. The largest absolute Gasteiger partial charge is 0.338 e. The quantitative estimate of drug-likeness (QED) is 0.936. The highest BCUT2D eigenvalue weighted by Crippen LogP contribution is 2.36. The Morgan fingerprint density at radius 2 is 2.16 bits per heavy atom. The van der Waals surface area contributed by atoms with E-state index in [4.69, 9.17) is 4.52 Å². The molecule has 1 saturated heterocycles. The van der Waals surface area contributed by atoms with E-state index in [0.29, 0.717) is 0 Å². The average molecular weight is 277 g/mol. The van der Waals surface area contributed by atoms with Crippen molar-refractivity contribution in [2.24, 2.45) is 0 Å². The van der Waals surface area contributed by atoms with Crippen LogP contribution in [0.1, 0.15) is 37.6 Å². The number of aryl methyl sites for hydroxylation is 1. The summed E-state index contributed by atoms with van der Waals surface area (Å²) < 4.78 is 5.59. The molecule has 1 fully saturated rings. The molecule has 1 N–H and O–H groups in total. The van der Waals surface area contributed by atoms with Crippen LogP contribution >= 0.6 is 11.3 Å². The highest BCUT2D eigenvalue weighted by atomic mass is 32.1. The first kappa shape index (κ1) is 12.8. The van der Waals surface area contributed by atoms with E-state index in [1.807, 2.05) is 0 Å². The van der Waals surface area contributed by atoms with Crippen LogP contribution in [0.2, 0.25) is 0 Å². The van der Waals surface area contributed by atoms with Crippen molar-refractivity contribution in [1.29, 1.82) is 0 Å². The van der Waals surface area contributed by atoms with Gasteiger partial charge < -0.3 is 9.84 Å². The fourth-order valence-electron chi connectivity index (χ4n) is 2.76. The van der Waals surface area contributed by atoms with Gasteiger partial charge in [-0.1, -0.05) is 12.1 Å². The topological polar surface area (TPSA) is 51.0 Å². The van der Waals surface area contributed by atoms with Gasteiger partial charge in [-0.15, -0.1) is 0 Å². The number of hydrogen-bond donors (Lipinski definition) is 1. The van der Waals surface area contributed by atoms with Crippen LogP contribution in [-0.4, -0.2) is 23.2 Å². The summed E-state index contributed by atoms with van der Waals surface area (Å²) in [6.45, 7) is 6.36. The summed E-state index contributed by atoms with van der Waals surface area (Å²) in [4.78, 5) is 4.68. The van der Waals surface area contributed by atoms with Gasteiger partial charge >= 0.3 is 0 Å². The van der Waals surface area contributed by atoms with E-state index in [1.54, 1.807) is 11.3 Å². The van der Waals surface area contributed by atoms with Crippen molar-refractivity contribution >= 4 is 11.3 Å². The Morgan fingerprint density at radius 3 is 2.79 bits per heavy atom. The second-order valence-corrected chi connectivity index (χ2v) is 6.02. The number of nitrogens with zero attached hydrogens (tertiary/aromatic N) is 2. The Morgan fingerprint density at radius 1 is 1.37 bits per heavy atom. The first-order chi connectivity index (χ1) is 9.25. The van der Waals surface area contributed by atoms with Crippen molar-refractivity contribution in [3.8, 4) is 11.4 Å². The lowest BCUT2D eigenvalue weighted by molar-refractivity contribution is 0.216. The van der Waals surface area contributed by atoms with Crippen molar-refractivity contribution in [2.45, 2.75) is 38.5 Å². The summed E-state index contributed by atoms with van der Waals surface area (Å²) in [6.07, 6.45) is 3.21. The second kappa shape index (κ2) is 5.06. The molecule has 1 aliphatic rings. The molecule has 2 aromatic rings. The first-order valence-corrected chi connectivity index (χ1v) is 7.77. The fraction of sp³-hybridized carbons (Fsp3) is 0.571. The minimum atomic E-state index is 0.0699. The minimum Gasteiger partial charge on any atom is -0.338 e. The molecule has 5 heteroatoms. The third-order valence-corrected chi connectivity index (χ3v) is 5.08. The summed E-state index contributed by atoms with van der Waals surface area (Å²) in [5, 5.41) is 11.8. The van der Waals surface area contributed by atoms with Gasteiger partial charge in [-0.05, 0) is 50.2 Å². The van der Waals surface area contributed by atoms with Crippen LogP contribution in [0.15, 0.2) is 15.3 Å². The van der Waals surface area contributed by atoms with Gasteiger partial charge in [0, 0.05) is 10.9 Å². The van der Waals surface area contributed by atoms with E-state index >= 15 is 0 Å². The van der Waals surface area contributed by atoms with Crippen LogP contribution in [0.5, 0.6) is 0 Å². The van der Waals surface area contributed by atoms with E-state index in [2.05, 4.69) is 40.1 Å². The molecule has 3 rings (SSSR count). The molecule has 4 nitrogen and oxygen atoms in total. The lowest BCUT2D eigenvalue weighted by Crippen LogP contribution is -2.39. The van der Waals surface area contributed by atoms with E-state index in [0.717, 1.165) is 49.6 Å². The number of aromatic nitrogens is 2. The summed E-state index contributed by atoms with van der Waals surface area (Å²) in [6, 6.07) is 0. The SMILES string of the molecule is CCC1(c2nc(-c3cscc3C)no2)CCNCC1. The number of piperidine rings is 1. The molecular formula is C14H19N3OS. The van der Waals surface area contributed by atoms with Crippen molar-refractivity contribution in [2.75, 3.05) is 13.1 Å². The van der Waals surface area contributed by atoms with Crippen LogP contribution in [0.25, 0.3) is 11.4 Å². The van der Waals surface area contributed by atoms with Crippen LogP contribution < -0.4 is 5.32 Å². The highest BCUT2D eigenvalue weighted by molar-refractivity contribution is 7.08. The monoisotopic (exact) mass is 277 g/mol. The standard InChI is InChI=1S/C14H19N3OS/c1-3-14(4-6-15-7-5-14)13-16-12(17-18-13)11-9-19-8-10(11)2/h8-9,15H,3-7H2,1-2H3. The molecule has 0 aliphatic carbocycles. The normalized spacial score (nSPS) is 18.6. The molecule has 0 aromatic carbocycles. The van der Waals surface area contributed by atoms with Crippen LogP contribution in [0.3, 0.4) is 0 Å². The maximum Gasteiger partial charge on any atom is 0.233 e. The van der Waals surface area contributed by atoms with Crippen molar-refractivity contribution in [3.05, 3.63) is 22.2 Å². The summed E-state index contributed by atoms with van der Waals surface area (Å²) in [5.41, 5.74) is 2.38. The Labute approximate surface area is 117 Å². The molecule has 19 heavy (non-hydrogen) atoms. The Bertz CT molecular complexity index is 555. The van der Waals surface area contributed by atoms with Gasteiger partial charge in [0.15, 0.2) is 0 Å². The third kappa shape index (κ3) is 2.21. The predicted molar refractivity (Wildman–Crippen MR) is 76.4 cm³/mol. The van der Waals surface area contributed by atoms with Crippen LogP contribution in [-0.2, 0) is 5.41 Å². The molecule has 0 unspecified atom stereocenters. The Kier molecular flexibility index (Phi) is 3.41. The van der Waals surface area contributed by atoms with Gasteiger partial charge in [0.1, 0.15) is 0 Å². The van der Waals surface area contributed by atoms with Crippen molar-refractivity contribution in [1.82, 2.24) is 15.5 Å². The Balaban J connectivity index is 1.94. The zero-order valence-electron chi connectivity index (χ0n) is 11.4. The van der Waals surface area contributed by atoms with E-state index in [1.165, 1.54) is 5.56 Å². The van der Waals surface area contributed by atoms with Crippen molar-refractivity contribution in [3.63, 3.8) is 0 Å². The molecule has 0 saturated carbocycles. The van der Waals surface area contributed by atoms with Gasteiger partial charge in [0.2, 0.25) is 11.7 Å². The summed E-state index contributed by atoms with van der Waals surface area (Å²) in [5.74, 6) is 1.55. The van der Waals surface area contributed by atoms with E-state index < -0.39 is 0 Å². The van der Waals surface area contributed by atoms with Gasteiger partial charge in [-0.3, -0.25) is 0 Å². The number of thiophene rings is 1. The maximum atomic E-state index is 5.59. The fourth-order valence-corrected chi connectivity index (χ4v) is 3.59. The third-order valence-electron chi connectivity index (χ3n) is 4.21. The molecule has 0 amide bonds. The van der Waals surface area contributed by atoms with Gasteiger partial charge in [0.05, 0.1) is 5.41 Å². The lowest BCUT2D eigenvalue weighted by atomic mass is 9.76. The number of nitrogens with one attached hydrogen (secondary N) is 1.